The first-order valence-corrected chi connectivity index (χ1v) is 12.8. The van der Waals surface area contributed by atoms with Crippen LogP contribution in [-0.2, 0) is 39.2 Å². The van der Waals surface area contributed by atoms with Gasteiger partial charge in [-0.1, -0.05) is 32.9 Å². The van der Waals surface area contributed by atoms with Crippen LogP contribution in [0.2, 0.25) is 0 Å². The van der Waals surface area contributed by atoms with E-state index >= 15 is 0 Å². The molecule has 0 saturated carbocycles. The molecule has 3 amide bonds. The zero-order valence-electron chi connectivity index (χ0n) is 22.3. The molecule has 1 atom stereocenters. The lowest BCUT2D eigenvalue weighted by atomic mass is 9.79. The first kappa shape index (κ1) is 27.1. The summed E-state index contributed by atoms with van der Waals surface area (Å²) in [5, 5.41) is 5.67. The van der Waals surface area contributed by atoms with E-state index in [0.29, 0.717) is 30.6 Å². The van der Waals surface area contributed by atoms with E-state index in [-0.39, 0.29) is 30.1 Å². The summed E-state index contributed by atoms with van der Waals surface area (Å²) in [6.07, 6.45) is 2.99. The van der Waals surface area contributed by atoms with E-state index in [9.17, 15) is 28.0 Å². The number of nitrogens with zero attached hydrogens (tertiary/aromatic N) is 2. The van der Waals surface area contributed by atoms with Crippen LogP contribution in [0.1, 0.15) is 53.4 Å². The minimum atomic E-state index is -1.18. The van der Waals surface area contributed by atoms with Crippen molar-refractivity contribution >= 4 is 35.5 Å². The van der Waals surface area contributed by atoms with Gasteiger partial charge in [-0.3, -0.25) is 19.2 Å². The molecule has 8 nitrogen and oxygen atoms in total. The number of anilines is 2. The number of rotatable bonds is 6. The number of pyridine rings is 1. The number of hydrogen-bond donors (Lipinski definition) is 2. The van der Waals surface area contributed by atoms with Crippen LogP contribution in [0.25, 0.3) is 0 Å². The Hall–Kier alpha value is -4.47. The maximum atomic E-state index is 14.0. The van der Waals surface area contributed by atoms with Crippen molar-refractivity contribution in [2.45, 2.75) is 45.6 Å². The van der Waals surface area contributed by atoms with Crippen molar-refractivity contribution in [1.82, 2.24) is 9.88 Å². The van der Waals surface area contributed by atoms with Gasteiger partial charge >= 0.3 is 0 Å². The number of aromatic nitrogens is 1. The van der Waals surface area contributed by atoms with Gasteiger partial charge in [0.2, 0.25) is 17.7 Å². The second-order valence-electron chi connectivity index (χ2n) is 11.3. The zero-order valence-corrected chi connectivity index (χ0v) is 22.3. The first-order valence-electron chi connectivity index (χ1n) is 12.8. The molecule has 0 bridgehead atoms. The van der Waals surface area contributed by atoms with Crippen LogP contribution < -0.4 is 10.6 Å². The monoisotopic (exact) mass is 546 g/mol. The van der Waals surface area contributed by atoms with Gasteiger partial charge in [0.25, 0.3) is 0 Å². The van der Waals surface area contributed by atoms with Gasteiger partial charge in [-0.2, -0.15) is 0 Å². The highest BCUT2D eigenvalue weighted by Crippen LogP contribution is 2.46. The van der Waals surface area contributed by atoms with Crippen molar-refractivity contribution in [3.63, 3.8) is 0 Å². The Kier molecular flexibility index (Phi) is 6.73. The van der Waals surface area contributed by atoms with Crippen LogP contribution in [0.5, 0.6) is 0 Å². The van der Waals surface area contributed by atoms with Gasteiger partial charge in [0, 0.05) is 35.0 Å². The molecular formula is C30H28F2N4O4. The quantitative estimate of drug-likeness (QED) is 0.451. The highest BCUT2D eigenvalue weighted by Gasteiger charge is 2.51. The van der Waals surface area contributed by atoms with Crippen LogP contribution >= 0.6 is 0 Å². The summed E-state index contributed by atoms with van der Waals surface area (Å²) in [4.78, 5) is 56.2. The third-order valence-corrected chi connectivity index (χ3v) is 7.40. The second-order valence-corrected chi connectivity index (χ2v) is 11.3. The second kappa shape index (κ2) is 9.93. The molecule has 2 aromatic carbocycles. The third kappa shape index (κ3) is 4.85. The third-order valence-electron chi connectivity index (χ3n) is 7.40. The molecule has 40 heavy (non-hydrogen) atoms. The zero-order chi connectivity index (χ0) is 28.8. The summed E-state index contributed by atoms with van der Waals surface area (Å²) < 4.78 is 27.6. The maximum Gasteiger partial charge on any atom is 0.244 e. The molecule has 5 rings (SSSR count). The molecule has 206 valence electrons. The summed E-state index contributed by atoms with van der Waals surface area (Å²) in [6, 6.07) is 10.8. The number of carbonyl (C=O) groups is 4. The smallest absolute Gasteiger partial charge is 0.244 e. The molecule has 1 unspecified atom stereocenters. The van der Waals surface area contributed by atoms with Crippen molar-refractivity contribution in [3.8, 4) is 0 Å². The molecule has 1 spiro atoms. The molecule has 3 aromatic rings. The highest BCUT2D eigenvalue weighted by molar-refractivity contribution is 6.06. The van der Waals surface area contributed by atoms with Crippen molar-refractivity contribution in [3.05, 3.63) is 88.1 Å². The highest BCUT2D eigenvalue weighted by atomic mass is 19.2. The van der Waals surface area contributed by atoms with E-state index < -0.39 is 34.3 Å². The van der Waals surface area contributed by atoms with E-state index in [1.165, 1.54) is 4.90 Å². The number of amides is 3. The topological polar surface area (TPSA) is 108 Å². The van der Waals surface area contributed by atoms with Gasteiger partial charge < -0.3 is 15.5 Å². The largest absolute Gasteiger partial charge is 0.329 e. The fourth-order valence-electron chi connectivity index (χ4n) is 5.45. The minimum Gasteiger partial charge on any atom is -0.329 e. The number of aldehydes is 1. The Morgan fingerprint density at radius 1 is 1.10 bits per heavy atom. The molecule has 0 fully saturated rings. The normalized spacial score (nSPS) is 17.3. The summed E-state index contributed by atoms with van der Waals surface area (Å²) in [5.41, 5.74) is 1.62. The van der Waals surface area contributed by atoms with Crippen LogP contribution in [0.4, 0.5) is 20.3 Å². The summed E-state index contributed by atoms with van der Waals surface area (Å²) >= 11 is 0. The number of halogens is 2. The summed E-state index contributed by atoms with van der Waals surface area (Å²) in [7, 11) is 0. The van der Waals surface area contributed by atoms with Gasteiger partial charge in [-0.15, -0.1) is 0 Å². The lowest BCUT2D eigenvalue weighted by Gasteiger charge is -2.29. The van der Waals surface area contributed by atoms with Crippen LogP contribution in [0, 0.1) is 17.0 Å². The summed E-state index contributed by atoms with van der Waals surface area (Å²) in [5.74, 6) is -2.78. The van der Waals surface area contributed by atoms with Crippen molar-refractivity contribution in [1.29, 1.82) is 0 Å². The molecule has 2 N–H and O–H groups in total. The maximum absolute atomic E-state index is 14.0. The van der Waals surface area contributed by atoms with E-state index in [4.69, 9.17) is 0 Å². The molecule has 2 heterocycles. The number of fused-ring (bicyclic) bond motifs is 3. The average molecular weight is 547 g/mol. The van der Waals surface area contributed by atoms with Crippen LogP contribution in [-0.4, -0.2) is 40.4 Å². The van der Waals surface area contributed by atoms with Crippen LogP contribution in [0.15, 0.2) is 48.7 Å². The Morgan fingerprint density at radius 3 is 2.55 bits per heavy atom. The molecule has 0 saturated heterocycles. The van der Waals surface area contributed by atoms with Gasteiger partial charge in [-0.05, 0) is 59.9 Å². The number of carbonyl (C=O) groups excluding carboxylic acids is 4. The molecule has 2 aliphatic rings. The first-order chi connectivity index (χ1) is 18.9. The van der Waals surface area contributed by atoms with Gasteiger partial charge in [0.05, 0.1) is 5.41 Å². The van der Waals surface area contributed by atoms with E-state index in [0.717, 1.165) is 28.8 Å². The van der Waals surface area contributed by atoms with E-state index in [1.807, 2.05) is 18.2 Å². The molecule has 0 radical (unpaired) electrons. The van der Waals surface area contributed by atoms with Crippen molar-refractivity contribution < 1.29 is 28.0 Å². The standard InChI is InChI=1S/C30H28F2N4O4/c1-29(2,3)28(40)36(14-19-10-23(31)24(32)11-20(19)16-37)15-25(38)34-21-7-6-17-12-30(13-18(17)9-21)22-5-4-8-33-26(22)35-27(30)39/h4-11,16H,12-15H2,1-3H3,(H,34,38)(H,33,35,39). The fourth-order valence-corrected chi connectivity index (χ4v) is 5.45. The Bertz CT molecular complexity index is 1570. The van der Waals surface area contributed by atoms with Crippen molar-refractivity contribution in [2.75, 3.05) is 17.2 Å². The van der Waals surface area contributed by atoms with Gasteiger partial charge in [0.1, 0.15) is 12.4 Å². The summed E-state index contributed by atoms with van der Waals surface area (Å²) in [6.45, 7) is 4.39. The van der Waals surface area contributed by atoms with Crippen molar-refractivity contribution in [2.24, 2.45) is 5.41 Å². The van der Waals surface area contributed by atoms with E-state index in [1.54, 1.807) is 39.1 Å². The van der Waals surface area contributed by atoms with Gasteiger partial charge in [0.15, 0.2) is 17.9 Å². The predicted molar refractivity (Wildman–Crippen MR) is 144 cm³/mol. The Labute approximate surface area is 229 Å². The number of hydrogen-bond acceptors (Lipinski definition) is 5. The predicted octanol–water partition coefficient (Wildman–Crippen LogP) is 4.17. The number of benzene rings is 2. The molecule has 1 aromatic heterocycles. The van der Waals surface area contributed by atoms with E-state index in [2.05, 4.69) is 15.6 Å². The Morgan fingerprint density at radius 2 is 1.82 bits per heavy atom. The van der Waals surface area contributed by atoms with Crippen LogP contribution in [0.3, 0.4) is 0 Å². The SMILES string of the molecule is CC(C)(C)C(=O)N(CC(=O)Nc1ccc2c(c1)CC1(C2)C(=O)Nc2ncccc21)Cc1cc(F)c(F)cc1C=O. The molecule has 10 heteroatoms. The number of nitrogens with one attached hydrogen (secondary N) is 2. The fraction of sp³-hybridized carbons (Fsp3) is 0.300. The molecule has 1 aliphatic carbocycles. The molecule has 1 aliphatic heterocycles. The molecular weight excluding hydrogens is 518 g/mol. The Balaban J connectivity index is 1.35. The lowest BCUT2D eigenvalue weighted by molar-refractivity contribution is -0.142. The minimum absolute atomic E-state index is 0.0896. The lowest BCUT2D eigenvalue weighted by Crippen LogP contribution is -2.43. The van der Waals surface area contributed by atoms with Gasteiger partial charge in [-0.25, -0.2) is 13.8 Å². The average Bonchev–Trinajstić information content (AvgIpc) is 3.41.